The summed E-state index contributed by atoms with van der Waals surface area (Å²) in [7, 11) is 0. The number of halogens is 2. The predicted octanol–water partition coefficient (Wildman–Crippen LogP) is 3.41. The summed E-state index contributed by atoms with van der Waals surface area (Å²) < 4.78 is 0. The Morgan fingerprint density at radius 1 is 1.26 bits per heavy atom. The van der Waals surface area contributed by atoms with Crippen molar-refractivity contribution >= 4 is 51.5 Å². The van der Waals surface area contributed by atoms with E-state index >= 15 is 0 Å². The Balaban J connectivity index is 2.02. The second-order valence-corrected chi connectivity index (χ2v) is 5.13. The van der Waals surface area contributed by atoms with Crippen LogP contribution in [0.5, 0.6) is 0 Å². The molecule has 98 valence electrons. The summed E-state index contributed by atoms with van der Waals surface area (Å²) in [6.45, 7) is 0. The first-order valence-electron chi connectivity index (χ1n) is 5.02. The third kappa shape index (κ3) is 3.66. The van der Waals surface area contributed by atoms with E-state index in [1.807, 2.05) is 0 Å². The Hall–Kier alpha value is -1.63. The molecule has 1 aromatic carbocycles. The van der Waals surface area contributed by atoms with Gasteiger partial charge in [-0.1, -0.05) is 23.2 Å². The number of anilines is 1. The standard InChI is InChI=1S/C11H7Cl2N3O2S/c12-6-1-2-7(8(13)3-6)10(17)16-11(18)15-9-4-14-5-19-9/h1-5H,(H2,15,16,17,18). The molecular weight excluding hydrogens is 309 g/mol. The topological polar surface area (TPSA) is 71.1 Å². The number of hydrogen-bond donors (Lipinski definition) is 2. The number of rotatable bonds is 2. The fraction of sp³-hybridized carbons (Fsp3) is 0. The van der Waals surface area contributed by atoms with E-state index in [-0.39, 0.29) is 10.6 Å². The Labute approximate surface area is 122 Å². The number of hydrogen-bond acceptors (Lipinski definition) is 4. The van der Waals surface area contributed by atoms with Gasteiger partial charge in [0.25, 0.3) is 5.91 Å². The maximum absolute atomic E-state index is 11.8. The number of nitrogens with one attached hydrogen (secondary N) is 2. The summed E-state index contributed by atoms with van der Waals surface area (Å²) in [6.07, 6.45) is 1.48. The van der Waals surface area contributed by atoms with Gasteiger partial charge in [-0.05, 0) is 18.2 Å². The lowest BCUT2D eigenvalue weighted by Gasteiger charge is -2.06. The quantitative estimate of drug-likeness (QED) is 0.892. The van der Waals surface area contributed by atoms with Crippen molar-refractivity contribution in [3.63, 3.8) is 0 Å². The number of imide groups is 1. The molecule has 3 amide bonds. The van der Waals surface area contributed by atoms with Crippen LogP contribution in [0.1, 0.15) is 10.4 Å². The van der Waals surface area contributed by atoms with Crippen LogP contribution in [-0.4, -0.2) is 16.9 Å². The zero-order chi connectivity index (χ0) is 13.8. The summed E-state index contributed by atoms with van der Waals surface area (Å²) in [5.41, 5.74) is 1.73. The fourth-order valence-electron chi connectivity index (χ4n) is 1.26. The summed E-state index contributed by atoms with van der Waals surface area (Å²) in [6, 6.07) is 3.74. The predicted molar refractivity (Wildman–Crippen MR) is 75.1 cm³/mol. The van der Waals surface area contributed by atoms with E-state index < -0.39 is 11.9 Å². The van der Waals surface area contributed by atoms with Crippen LogP contribution < -0.4 is 10.6 Å². The van der Waals surface area contributed by atoms with Gasteiger partial charge in [-0.15, -0.1) is 11.3 Å². The molecule has 0 radical (unpaired) electrons. The number of urea groups is 1. The molecular formula is C11H7Cl2N3O2S. The molecule has 0 aliphatic rings. The highest BCUT2D eigenvalue weighted by atomic mass is 35.5. The molecule has 0 saturated carbocycles. The van der Waals surface area contributed by atoms with E-state index in [2.05, 4.69) is 15.6 Å². The molecule has 0 fully saturated rings. The van der Waals surface area contributed by atoms with Gasteiger partial charge in [0.1, 0.15) is 5.00 Å². The van der Waals surface area contributed by atoms with Crippen molar-refractivity contribution in [2.75, 3.05) is 5.32 Å². The van der Waals surface area contributed by atoms with E-state index in [1.54, 1.807) is 5.51 Å². The molecule has 0 spiro atoms. The second kappa shape index (κ2) is 6.01. The Morgan fingerprint density at radius 3 is 2.68 bits per heavy atom. The van der Waals surface area contributed by atoms with E-state index in [9.17, 15) is 9.59 Å². The highest BCUT2D eigenvalue weighted by molar-refractivity contribution is 7.13. The van der Waals surface area contributed by atoms with Crippen LogP contribution in [0, 0.1) is 0 Å². The number of amides is 3. The highest BCUT2D eigenvalue weighted by Gasteiger charge is 2.14. The average Bonchev–Trinajstić information content (AvgIpc) is 2.81. The molecule has 0 aliphatic heterocycles. The van der Waals surface area contributed by atoms with Gasteiger partial charge in [-0.3, -0.25) is 20.4 Å². The molecule has 0 atom stereocenters. The minimum atomic E-state index is -0.653. The number of thiazole rings is 1. The van der Waals surface area contributed by atoms with Gasteiger partial charge in [-0.2, -0.15) is 0 Å². The Bertz CT molecular complexity index is 616. The molecule has 8 heteroatoms. The van der Waals surface area contributed by atoms with E-state index in [0.717, 1.165) is 0 Å². The normalized spacial score (nSPS) is 10.0. The average molecular weight is 316 g/mol. The molecule has 2 N–H and O–H groups in total. The van der Waals surface area contributed by atoms with Crippen molar-refractivity contribution in [3.05, 3.63) is 45.5 Å². The molecule has 1 heterocycles. The number of carbonyl (C=O) groups excluding carboxylic acids is 2. The first-order valence-corrected chi connectivity index (χ1v) is 6.65. The van der Waals surface area contributed by atoms with Crippen LogP contribution in [-0.2, 0) is 0 Å². The van der Waals surface area contributed by atoms with E-state index in [0.29, 0.717) is 10.0 Å². The maximum Gasteiger partial charge on any atom is 0.326 e. The number of nitrogens with zero attached hydrogens (tertiary/aromatic N) is 1. The van der Waals surface area contributed by atoms with Gasteiger partial charge >= 0.3 is 6.03 Å². The van der Waals surface area contributed by atoms with Crippen molar-refractivity contribution in [2.24, 2.45) is 0 Å². The molecule has 0 saturated heterocycles. The first kappa shape index (κ1) is 13.8. The molecule has 2 rings (SSSR count). The molecule has 5 nitrogen and oxygen atoms in total. The minimum absolute atomic E-state index is 0.172. The lowest BCUT2D eigenvalue weighted by Crippen LogP contribution is -2.34. The van der Waals surface area contributed by atoms with Crippen LogP contribution >= 0.6 is 34.5 Å². The SMILES string of the molecule is O=C(NC(=O)c1ccc(Cl)cc1Cl)Nc1cncs1. The van der Waals surface area contributed by atoms with Crippen molar-refractivity contribution in [3.8, 4) is 0 Å². The van der Waals surface area contributed by atoms with Crippen molar-refractivity contribution < 1.29 is 9.59 Å². The van der Waals surface area contributed by atoms with Crippen LogP contribution in [0.15, 0.2) is 29.9 Å². The summed E-state index contributed by atoms with van der Waals surface area (Å²) in [5.74, 6) is -0.608. The van der Waals surface area contributed by atoms with Gasteiger partial charge in [0.2, 0.25) is 0 Å². The third-order valence-electron chi connectivity index (χ3n) is 2.07. The lowest BCUT2D eigenvalue weighted by atomic mass is 10.2. The molecule has 0 unspecified atom stereocenters. The van der Waals surface area contributed by atoms with E-state index in [4.69, 9.17) is 23.2 Å². The summed E-state index contributed by atoms with van der Waals surface area (Å²) >= 11 is 12.8. The zero-order valence-corrected chi connectivity index (χ0v) is 11.6. The van der Waals surface area contributed by atoms with Gasteiger partial charge in [0.15, 0.2) is 0 Å². The zero-order valence-electron chi connectivity index (χ0n) is 9.31. The van der Waals surface area contributed by atoms with Crippen LogP contribution in [0.2, 0.25) is 10.0 Å². The van der Waals surface area contributed by atoms with Crippen LogP contribution in [0.25, 0.3) is 0 Å². The summed E-state index contributed by atoms with van der Waals surface area (Å²) in [5, 5.41) is 5.75. The lowest BCUT2D eigenvalue weighted by molar-refractivity contribution is 0.0967. The minimum Gasteiger partial charge on any atom is -0.298 e. The number of benzene rings is 1. The second-order valence-electron chi connectivity index (χ2n) is 3.40. The Morgan fingerprint density at radius 2 is 2.05 bits per heavy atom. The molecule has 0 aliphatic carbocycles. The number of carbonyl (C=O) groups is 2. The maximum atomic E-state index is 11.8. The molecule has 0 bridgehead atoms. The largest absolute Gasteiger partial charge is 0.326 e. The van der Waals surface area contributed by atoms with Crippen LogP contribution in [0.4, 0.5) is 9.80 Å². The van der Waals surface area contributed by atoms with Crippen molar-refractivity contribution in [1.82, 2.24) is 10.3 Å². The van der Waals surface area contributed by atoms with Crippen molar-refractivity contribution in [1.29, 1.82) is 0 Å². The molecule has 19 heavy (non-hydrogen) atoms. The van der Waals surface area contributed by atoms with E-state index in [1.165, 1.54) is 35.7 Å². The van der Waals surface area contributed by atoms with Gasteiger partial charge in [0, 0.05) is 5.02 Å². The number of aromatic nitrogens is 1. The third-order valence-corrected chi connectivity index (χ3v) is 3.31. The van der Waals surface area contributed by atoms with Gasteiger partial charge < -0.3 is 0 Å². The molecule has 2 aromatic rings. The monoisotopic (exact) mass is 315 g/mol. The summed E-state index contributed by atoms with van der Waals surface area (Å²) in [4.78, 5) is 27.1. The van der Waals surface area contributed by atoms with Crippen LogP contribution in [0.3, 0.4) is 0 Å². The van der Waals surface area contributed by atoms with Gasteiger partial charge in [0.05, 0.1) is 22.3 Å². The smallest absolute Gasteiger partial charge is 0.298 e. The highest BCUT2D eigenvalue weighted by Crippen LogP contribution is 2.20. The van der Waals surface area contributed by atoms with Crippen molar-refractivity contribution in [2.45, 2.75) is 0 Å². The molecule has 1 aromatic heterocycles. The first-order chi connectivity index (χ1) is 9.06. The fourth-order valence-corrected chi connectivity index (χ4v) is 2.27. The van der Waals surface area contributed by atoms with Gasteiger partial charge in [-0.25, -0.2) is 4.79 Å². The Kier molecular flexibility index (Phi) is 4.36.